The molecule has 0 saturated heterocycles. The SMILES string of the molecule is CCOP(=O)(Cc1ccc(NC(=O)C2SCC(=O)c3cc(CC4CCCCC4)ccc32)cc1)OCC. The van der Waals surface area contributed by atoms with E-state index in [0.717, 1.165) is 17.5 Å². The Morgan fingerprint density at radius 2 is 1.67 bits per heavy atom. The van der Waals surface area contributed by atoms with Crippen molar-refractivity contribution in [3.05, 3.63) is 64.7 Å². The molecule has 2 aromatic carbocycles. The molecule has 1 aliphatic carbocycles. The van der Waals surface area contributed by atoms with E-state index in [1.165, 1.54) is 49.4 Å². The first-order chi connectivity index (χ1) is 17.4. The number of hydrogen-bond acceptors (Lipinski definition) is 6. The summed E-state index contributed by atoms with van der Waals surface area (Å²) in [5.41, 5.74) is 4.16. The molecule has 1 amide bonds. The van der Waals surface area contributed by atoms with E-state index in [1.807, 2.05) is 24.3 Å². The Labute approximate surface area is 218 Å². The molecule has 8 heteroatoms. The maximum atomic E-state index is 13.2. The van der Waals surface area contributed by atoms with Gasteiger partial charge in [0.05, 0.1) is 25.1 Å². The molecule has 194 valence electrons. The monoisotopic (exact) mass is 529 g/mol. The van der Waals surface area contributed by atoms with Crippen molar-refractivity contribution >= 4 is 36.7 Å². The Morgan fingerprint density at radius 3 is 2.33 bits per heavy atom. The predicted octanol–water partition coefficient (Wildman–Crippen LogP) is 7.18. The Morgan fingerprint density at radius 1 is 1.00 bits per heavy atom. The van der Waals surface area contributed by atoms with Crippen LogP contribution < -0.4 is 5.32 Å². The van der Waals surface area contributed by atoms with E-state index in [0.29, 0.717) is 36.1 Å². The minimum Gasteiger partial charge on any atom is -0.325 e. The molecule has 2 aliphatic rings. The average Bonchev–Trinajstić information content (AvgIpc) is 2.86. The molecule has 0 bridgehead atoms. The van der Waals surface area contributed by atoms with Crippen molar-refractivity contribution in [2.45, 2.75) is 63.8 Å². The van der Waals surface area contributed by atoms with E-state index in [9.17, 15) is 14.2 Å². The zero-order valence-electron chi connectivity index (χ0n) is 21.2. The molecule has 1 aliphatic heterocycles. The van der Waals surface area contributed by atoms with E-state index in [2.05, 4.69) is 11.4 Å². The molecule has 0 radical (unpaired) electrons. The molecule has 36 heavy (non-hydrogen) atoms. The number of amides is 1. The van der Waals surface area contributed by atoms with Crippen LogP contribution >= 0.6 is 19.4 Å². The molecule has 1 N–H and O–H groups in total. The standard InChI is InChI=1S/C28H36NO5PS/c1-3-33-35(32,34-4-2)18-21-10-13-23(14-11-21)29-28(31)27-24-15-12-22(16-20-8-6-5-7-9-20)17-25(24)26(30)19-36-27/h10-15,17,20,27H,3-9,16,18-19H2,1-2H3,(H,29,31). The van der Waals surface area contributed by atoms with E-state index >= 15 is 0 Å². The van der Waals surface area contributed by atoms with Crippen LogP contribution in [-0.2, 0) is 31.0 Å². The van der Waals surface area contributed by atoms with Crippen molar-refractivity contribution in [2.24, 2.45) is 5.92 Å². The molecule has 1 fully saturated rings. The van der Waals surface area contributed by atoms with Gasteiger partial charge in [0, 0.05) is 11.3 Å². The lowest BCUT2D eigenvalue weighted by atomic mass is 9.84. The molecule has 1 saturated carbocycles. The number of carbonyl (C=O) groups is 2. The summed E-state index contributed by atoms with van der Waals surface area (Å²) in [5, 5.41) is 2.55. The van der Waals surface area contributed by atoms with Crippen LogP contribution in [0.5, 0.6) is 0 Å². The fourth-order valence-electron chi connectivity index (χ4n) is 5.12. The number of nitrogens with one attached hydrogen (secondary N) is 1. The Bertz CT molecular complexity index is 1100. The van der Waals surface area contributed by atoms with Gasteiger partial charge in [-0.05, 0) is 61.1 Å². The number of ketones is 1. The minimum absolute atomic E-state index is 0.0990. The molecule has 4 rings (SSSR count). The molecule has 0 spiro atoms. The zero-order chi connectivity index (χ0) is 25.5. The molecular formula is C28H36NO5PS. The van der Waals surface area contributed by atoms with Gasteiger partial charge in [-0.1, -0.05) is 56.4 Å². The molecule has 1 unspecified atom stereocenters. The van der Waals surface area contributed by atoms with Crippen LogP contribution in [0.2, 0.25) is 0 Å². The van der Waals surface area contributed by atoms with Gasteiger partial charge in [-0.25, -0.2) is 0 Å². The molecule has 2 aromatic rings. The maximum Gasteiger partial charge on any atom is 0.335 e. The Kier molecular flexibility index (Phi) is 9.46. The van der Waals surface area contributed by atoms with E-state index in [4.69, 9.17) is 9.05 Å². The third-order valence-electron chi connectivity index (χ3n) is 6.82. The highest BCUT2D eigenvalue weighted by Gasteiger charge is 2.32. The van der Waals surface area contributed by atoms with Gasteiger partial charge in [-0.3, -0.25) is 14.2 Å². The van der Waals surface area contributed by atoms with Crippen LogP contribution in [0, 0.1) is 5.92 Å². The van der Waals surface area contributed by atoms with E-state index in [-0.39, 0.29) is 17.9 Å². The number of fused-ring (bicyclic) bond motifs is 1. The summed E-state index contributed by atoms with van der Waals surface area (Å²) < 4.78 is 23.5. The van der Waals surface area contributed by atoms with Crippen LogP contribution in [0.3, 0.4) is 0 Å². The summed E-state index contributed by atoms with van der Waals surface area (Å²) >= 11 is 1.37. The largest absolute Gasteiger partial charge is 0.335 e. The highest BCUT2D eigenvalue weighted by molar-refractivity contribution is 8.01. The normalized spacial score (nSPS) is 18.6. The van der Waals surface area contributed by atoms with E-state index < -0.39 is 12.8 Å². The molecule has 1 atom stereocenters. The van der Waals surface area contributed by atoms with E-state index in [1.54, 1.807) is 26.0 Å². The summed E-state index contributed by atoms with van der Waals surface area (Å²) in [6.45, 7) is 4.21. The van der Waals surface area contributed by atoms with Gasteiger partial charge in [0.25, 0.3) is 0 Å². The number of carbonyl (C=O) groups excluding carboxylic acids is 2. The molecule has 1 heterocycles. The third-order valence-corrected chi connectivity index (χ3v) is 10.1. The van der Waals surface area contributed by atoms with Crippen molar-refractivity contribution in [3.63, 3.8) is 0 Å². The van der Waals surface area contributed by atoms with Crippen molar-refractivity contribution in [1.82, 2.24) is 0 Å². The van der Waals surface area contributed by atoms with Crippen molar-refractivity contribution in [3.8, 4) is 0 Å². The van der Waals surface area contributed by atoms with Gasteiger partial charge < -0.3 is 14.4 Å². The zero-order valence-corrected chi connectivity index (χ0v) is 22.9. The summed E-state index contributed by atoms with van der Waals surface area (Å²) in [7, 11) is -3.19. The summed E-state index contributed by atoms with van der Waals surface area (Å²) in [4.78, 5) is 25.9. The van der Waals surface area contributed by atoms with Crippen LogP contribution in [0.25, 0.3) is 0 Å². The smallest absolute Gasteiger partial charge is 0.325 e. The second-order valence-corrected chi connectivity index (χ2v) is 12.7. The first kappa shape index (κ1) is 27.1. The summed E-state index contributed by atoms with van der Waals surface area (Å²) in [6.07, 6.45) is 7.65. The van der Waals surface area contributed by atoms with Crippen LogP contribution in [-0.4, -0.2) is 30.7 Å². The lowest BCUT2D eigenvalue weighted by Crippen LogP contribution is -2.26. The number of hydrogen-bond donors (Lipinski definition) is 1. The summed E-state index contributed by atoms with van der Waals surface area (Å²) in [6, 6.07) is 13.3. The Balaban J connectivity index is 1.42. The van der Waals surface area contributed by atoms with Crippen molar-refractivity contribution in [2.75, 3.05) is 24.3 Å². The first-order valence-electron chi connectivity index (χ1n) is 13.0. The quantitative estimate of drug-likeness (QED) is 0.328. The van der Waals surface area contributed by atoms with Gasteiger partial charge in [0.2, 0.25) is 5.91 Å². The van der Waals surface area contributed by atoms with Gasteiger partial charge in [0.1, 0.15) is 5.25 Å². The number of rotatable bonds is 10. The second-order valence-electron chi connectivity index (χ2n) is 9.53. The van der Waals surface area contributed by atoms with Gasteiger partial charge in [-0.15, -0.1) is 11.8 Å². The lowest BCUT2D eigenvalue weighted by molar-refractivity contribution is -0.115. The molecule has 6 nitrogen and oxygen atoms in total. The van der Waals surface area contributed by atoms with Crippen molar-refractivity contribution in [1.29, 1.82) is 0 Å². The number of thioether (sulfide) groups is 1. The van der Waals surface area contributed by atoms with Crippen molar-refractivity contribution < 1.29 is 23.2 Å². The van der Waals surface area contributed by atoms with Crippen LogP contribution in [0.4, 0.5) is 5.69 Å². The number of benzene rings is 2. The lowest BCUT2D eigenvalue weighted by Gasteiger charge is -2.25. The second kappa shape index (κ2) is 12.6. The van der Waals surface area contributed by atoms with Gasteiger partial charge in [-0.2, -0.15) is 0 Å². The van der Waals surface area contributed by atoms with Crippen LogP contribution in [0.15, 0.2) is 42.5 Å². The highest BCUT2D eigenvalue weighted by atomic mass is 32.2. The number of anilines is 1. The number of Topliss-reactive ketones (excluding diaryl/α,β-unsaturated/α-hetero) is 1. The van der Waals surface area contributed by atoms with Gasteiger partial charge in [0.15, 0.2) is 5.78 Å². The fraction of sp³-hybridized carbons (Fsp3) is 0.500. The molecular weight excluding hydrogens is 493 g/mol. The fourth-order valence-corrected chi connectivity index (χ4v) is 7.89. The van der Waals surface area contributed by atoms with Crippen LogP contribution in [0.1, 0.15) is 78.2 Å². The Hall–Kier alpha value is -1.92. The highest BCUT2D eigenvalue weighted by Crippen LogP contribution is 2.51. The predicted molar refractivity (Wildman–Crippen MR) is 146 cm³/mol. The first-order valence-corrected chi connectivity index (χ1v) is 15.7. The molecule has 0 aromatic heterocycles. The maximum absolute atomic E-state index is 13.2. The van der Waals surface area contributed by atoms with Gasteiger partial charge >= 0.3 is 7.60 Å². The minimum atomic E-state index is -3.19. The average molecular weight is 530 g/mol. The summed E-state index contributed by atoms with van der Waals surface area (Å²) in [5.74, 6) is 0.960. The third kappa shape index (κ3) is 6.89. The topological polar surface area (TPSA) is 81.7 Å².